The molecule has 28 heavy (non-hydrogen) atoms. The molecule has 1 aromatic heterocycles. The van der Waals surface area contributed by atoms with Crippen LogP contribution in [0.1, 0.15) is 21.8 Å². The Labute approximate surface area is 162 Å². The van der Waals surface area contributed by atoms with E-state index in [1.54, 1.807) is 19.1 Å². The number of nitrogens with zero attached hydrogens (tertiary/aromatic N) is 1. The summed E-state index contributed by atoms with van der Waals surface area (Å²) in [7, 11) is -3.40. The number of benzene rings is 1. The van der Waals surface area contributed by atoms with Crippen LogP contribution in [0.25, 0.3) is 0 Å². The van der Waals surface area contributed by atoms with Crippen LogP contribution in [0.5, 0.6) is 5.75 Å². The summed E-state index contributed by atoms with van der Waals surface area (Å²) < 4.78 is 34.4. The average molecular weight is 407 g/mol. The highest BCUT2D eigenvalue weighted by Crippen LogP contribution is 2.15. The fraction of sp³-hybridized carbons (Fsp3) is 0.389. The molecular weight excluding hydrogens is 386 g/mol. The van der Waals surface area contributed by atoms with E-state index >= 15 is 0 Å². The molecule has 1 aliphatic heterocycles. The van der Waals surface area contributed by atoms with Gasteiger partial charge in [-0.25, -0.2) is 13.4 Å². The number of hydrogen-bond acceptors (Lipinski definition) is 7. The van der Waals surface area contributed by atoms with E-state index in [9.17, 15) is 18.0 Å². The van der Waals surface area contributed by atoms with Gasteiger partial charge < -0.3 is 19.8 Å². The Morgan fingerprint density at radius 3 is 2.39 bits per heavy atom. The van der Waals surface area contributed by atoms with Gasteiger partial charge in [-0.3, -0.25) is 9.59 Å². The topological polar surface area (TPSA) is 128 Å². The third kappa shape index (κ3) is 4.89. The number of sulfone groups is 1. The highest BCUT2D eigenvalue weighted by molar-refractivity contribution is 7.91. The first kappa shape index (κ1) is 19.9. The highest BCUT2D eigenvalue weighted by atomic mass is 32.2. The lowest BCUT2D eigenvalue weighted by Crippen LogP contribution is -2.52. The highest BCUT2D eigenvalue weighted by Gasteiger charge is 2.40. The molecule has 150 valence electrons. The van der Waals surface area contributed by atoms with E-state index < -0.39 is 33.7 Å². The first-order valence-electron chi connectivity index (χ1n) is 8.64. The van der Waals surface area contributed by atoms with E-state index in [2.05, 4.69) is 15.6 Å². The van der Waals surface area contributed by atoms with Crippen molar-refractivity contribution < 1.29 is 27.2 Å². The second-order valence-electron chi connectivity index (χ2n) is 6.69. The minimum absolute atomic E-state index is 0.0806. The van der Waals surface area contributed by atoms with Crippen LogP contribution in [-0.2, 0) is 14.6 Å². The van der Waals surface area contributed by atoms with Gasteiger partial charge >= 0.3 is 0 Å². The predicted molar refractivity (Wildman–Crippen MR) is 99.8 cm³/mol. The average Bonchev–Trinajstić information content (AvgIpc) is 3.17. The Kier molecular flexibility index (Phi) is 5.68. The number of ether oxygens (including phenoxy) is 1. The third-order valence-corrected chi connectivity index (χ3v) is 6.10. The Bertz CT molecular complexity index is 967. The number of oxazole rings is 1. The molecule has 1 aliphatic rings. The van der Waals surface area contributed by atoms with Gasteiger partial charge in [0, 0.05) is 0 Å². The van der Waals surface area contributed by atoms with Gasteiger partial charge in [-0.05, 0) is 26.0 Å². The zero-order chi connectivity index (χ0) is 20.3. The zero-order valence-corrected chi connectivity index (χ0v) is 16.3. The van der Waals surface area contributed by atoms with Gasteiger partial charge in [-0.2, -0.15) is 0 Å². The van der Waals surface area contributed by atoms with E-state index in [-0.39, 0.29) is 23.8 Å². The van der Waals surface area contributed by atoms with Gasteiger partial charge in [0.2, 0.25) is 0 Å². The molecule has 1 fully saturated rings. The Morgan fingerprint density at radius 2 is 1.79 bits per heavy atom. The summed E-state index contributed by atoms with van der Waals surface area (Å²) in [6.45, 7) is 3.25. The van der Waals surface area contributed by atoms with Crippen LogP contribution in [0.3, 0.4) is 0 Å². The minimum atomic E-state index is -3.40. The van der Waals surface area contributed by atoms with Gasteiger partial charge in [0.1, 0.15) is 11.5 Å². The van der Waals surface area contributed by atoms with Gasteiger partial charge in [-0.15, -0.1) is 0 Å². The molecule has 2 N–H and O–H groups in total. The largest absolute Gasteiger partial charge is 0.484 e. The first-order chi connectivity index (χ1) is 13.2. The van der Waals surface area contributed by atoms with Crippen molar-refractivity contribution in [1.82, 2.24) is 15.6 Å². The van der Waals surface area contributed by atoms with Crippen LogP contribution >= 0.6 is 0 Å². The lowest BCUT2D eigenvalue weighted by molar-refractivity contribution is -0.123. The molecule has 2 heterocycles. The number of amides is 2. The molecule has 2 aromatic rings. The van der Waals surface area contributed by atoms with Crippen LogP contribution < -0.4 is 15.4 Å². The standard InChI is InChI=1S/C18H21N3O6S/c1-11-3-5-13(6-4-11)26-7-16(22)20-14-8-28(24,25)9-15(14)21-18(23)17-12(2)27-10-19-17/h3-6,10,14-15H,7-9H2,1-2H3,(H,20,22)(H,21,23)/t14-,15+/m0/s1. The van der Waals surface area contributed by atoms with E-state index in [4.69, 9.17) is 9.15 Å². The number of aryl methyl sites for hydroxylation is 2. The van der Waals surface area contributed by atoms with Gasteiger partial charge in [0.05, 0.1) is 23.6 Å². The molecule has 0 spiro atoms. The molecule has 0 bridgehead atoms. The fourth-order valence-corrected chi connectivity index (χ4v) is 4.79. The lowest BCUT2D eigenvalue weighted by atomic mass is 10.1. The molecule has 0 aliphatic carbocycles. The monoisotopic (exact) mass is 407 g/mol. The van der Waals surface area contributed by atoms with E-state index in [1.165, 1.54) is 0 Å². The van der Waals surface area contributed by atoms with Crippen molar-refractivity contribution in [2.24, 2.45) is 0 Å². The SMILES string of the molecule is Cc1ccc(OCC(=O)N[C@H]2CS(=O)(=O)C[C@H]2NC(=O)c2ncoc2C)cc1. The van der Waals surface area contributed by atoms with Gasteiger partial charge in [0.25, 0.3) is 11.8 Å². The summed E-state index contributed by atoms with van der Waals surface area (Å²) in [5.74, 6) is -0.689. The maximum atomic E-state index is 12.3. The molecule has 3 rings (SSSR count). The normalized spacial score (nSPS) is 20.5. The molecule has 9 nitrogen and oxygen atoms in total. The summed E-state index contributed by atoms with van der Waals surface area (Å²) in [4.78, 5) is 28.3. The predicted octanol–water partition coefficient (Wildman–Crippen LogP) is 0.382. The summed E-state index contributed by atoms with van der Waals surface area (Å²) in [5, 5.41) is 5.25. The lowest BCUT2D eigenvalue weighted by Gasteiger charge is -2.20. The second-order valence-corrected chi connectivity index (χ2v) is 8.84. The fourth-order valence-electron chi connectivity index (χ4n) is 2.92. The number of rotatable bonds is 6. The number of aromatic nitrogens is 1. The van der Waals surface area contributed by atoms with Crippen LogP contribution in [0.2, 0.25) is 0 Å². The number of carbonyl (C=O) groups is 2. The Morgan fingerprint density at radius 1 is 1.14 bits per heavy atom. The van der Waals surface area contributed by atoms with E-state index in [1.807, 2.05) is 19.1 Å². The van der Waals surface area contributed by atoms with Crippen molar-refractivity contribution in [3.63, 3.8) is 0 Å². The molecule has 2 atom stereocenters. The molecule has 1 saturated heterocycles. The van der Waals surface area contributed by atoms with Crippen LogP contribution in [0.15, 0.2) is 35.1 Å². The van der Waals surface area contributed by atoms with Crippen molar-refractivity contribution in [2.45, 2.75) is 25.9 Å². The third-order valence-electron chi connectivity index (χ3n) is 4.37. The van der Waals surface area contributed by atoms with E-state index in [0.717, 1.165) is 12.0 Å². The molecule has 0 radical (unpaired) electrons. The molecule has 10 heteroatoms. The van der Waals surface area contributed by atoms with Gasteiger partial charge in [-0.1, -0.05) is 17.7 Å². The van der Waals surface area contributed by atoms with Crippen molar-refractivity contribution in [3.8, 4) is 5.75 Å². The van der Waals surface area contributed by atoms with Gasteiger partial charge in [0.15, 0.2) is 28.5 Å². The van der Waals surface area contributed by atoms with Crippen molar-refractivity contribution in [3.05, 3.63) is 47.7 Å². The van der Waals surface area contributed by atoms with Crippen molar-refractivity contribution >= 4 is 21.7 Å². The van der Waals surface area contributed by atoms with Crippen LogP contribution in [-0.4, -0.2) is 55.4 Å². The van der Waals surface area contributed by atoms with Crippen LogP contribution in [0, 0.1) is 13.8 Å². The summed E-state index contributed by atoms with van der Waals surface area (Å²) in [5.41, 5.74) is 1.14. The number of nitrogens with one attached hydrogen (secondary N) is 2. The molecule has 1 aromatic carbocycles. The smallest absolute Gasteiger partial charge is 0.273 e. The zero-order valence-electron chi connectivity index (χ0n) is 15.5. The maximum absolute atomic E-state index is 12.3. The van der Waals surface area contributed by atoms with Crippen LogP contribution in [0.4, 0.5) is 0 Å². The molecule has 0 saturated carbocycles. The minimum Gasteiger partial charge on any atom is -0.484 e. The molecule has 2 amide bonds. The van der Waals surface area contributed by atoms with E-state index in [0.29, 0.717) is 11.5 Å². The summed E-state index contributed by atoms with van der Waals surface area (Å²) in [6.07, 6.45) is 1.14. The quantitative estimate of drug-likeness (QED) is 0.709. The Hall–Kier alpha value is -2.88. The molecule has 0 unspecified atom stereocenters. The number of hydrogen-bond donors (Lipinski definition) is 2. The number of carbonyl (C=O) groups excluding carboxylic acids is 2. The Balaban J connectivity index is 1.60. The second kappa shape index (κ2) is 8.01. The maximum Gasteiger partial charge on any atom is 0.273 e. The first-order valence-corrected chi connectivity index (χ1v) is 10.5. The summed E-state index contributed by atoms with van der Waals surface area (Å²) >= 11 is 0. The molecular formula is C18H21N3O6S. The van der Waals surface area contributed by atoms with Crippen molar-refractivity contribution in [1.29, 1.82) is 0 Å². The van der Waals surface area contributed by atoms with Crippen molar-refractivity contribution in [2.75, 3.05) is 18.1 Å². The summed E-state index contributed by atoms with van der Waals surface area (Å²) in [6, 6.07) is 5.67.